The molecule has 1 heterocycles. The lowest BCUT2D eigenvalue weighted by atomic mass is 10.3. The minimum atomic E-state index is -3.45. The molecule has 0 aromatic heterocycles. The van der Waals surface area contributed by atoms with Crippen molar-refractivity contribution in [3.05, 3.63) is 30.3 Å². The number of sulfonamides is 1. The number of hydrogen-bond acceptors (Lipinski definition) is 5. The van der Waals surface area contributed by atoms with Gasteiger partial charge < -0.3 is 20.7 Å². The number of anilines is 1. The molecule has 2 atom stereocenters. The predicted octanol–water partition coefficient (Wildman–Crippen LogP) is 0.753. The topological polar surface area (TPSA) is 117 Å². The average molecular weight is 413 g/mol. The number of urea groups is 1. The maximum absolute atomic E-state index is 12.4. The molecule has 0 bridgehead atoms. The first-order valence-corrected chi connectivity index (χ1v) is 10.9. The van der Waals surface area contributed by atoms with Crippen molar-refractivity contribution < 1.29 is 22.7 Å². The van der Waals surface area contributed by atoms with E-state index in [4.69, 9.17) is 4.74 Å². The normalized spacial score (nSPS) is 20.4. The number of rotatable bonds is 8. The number of amides is 3. The van der Waals surface area contributed by atoms with E-state index < -0.39 is 16.1 Å². The van der Waals surface area contributed by atoms with E-state index in [1.807, 2.05) is 19.9 Å². The Kier molecular flexibility index (Phi) is 8.21. The third-order valence-electron chi connectivity index (χ3n) is 4.13. The van der Waals surface area contributed by atoms with Crippen molar-refractivity contribution in [2.24, 2.45) is 0 Å². The zero-order chi connectivity index (χ0) is 20.6. The fraction of sp³-hybridized carbons (Fsp3) is 0.556. The average Bonchev–Trinajstić information content (AvgIpc) is 2.61. The maximum Gasteiger partial charge on any atom is 0.319 e. The summed E-state index contributed by atoms with van der Waals surface area (Å²) in [5.74, 6) is -0.487. The van der Waals surface area contributed by atoms with E-state index in [0.717, 1.165) is 0 Å². The van der Waals surface area contributed by atoms with Gasteiger partial charge in [-0.1, -0.05) is 18.2 Å². The van der Waals surface area contributed by atoms with Gasteiger partial charge in [0.15, 0.2) is 0 Å². The quantitative estimate of drug-likeness (QED) is 0.583. The molecule has 28 heavy (non-hydrogen) atoms. The lowest BCUT2D eigenvalue weighted by Gasteiger charge is -2.34. The first-order valence-electron chi connectivity index (χ1n) is 9.26. The van der Waals surface area contributed by atoms with E-state index in [-0.39, 0.29) is 43.4 Å². The lowest BCUT2D eigenvalue weighted by Crippen LogP contribution is -2.49. The summed E-state index contributed by atoms with van der Waals surface area (Å²) in [6, 6.07) is 8.54. The van der Waals surface area contributed by atoms with Gasteiger partial charge in [0.1, 0.15) is 0 Å². The molecule has 0 unspecified atom stereocenters. The van der Waals surface area contributed by atoms with E-state index in [0.29, 0.717) is 18.8 Å². The van der Waals surface area contributed by atoms with Gasteiger partial charge in [0.25, 0.3) is 0 Å². The monoisotopic (exact) mass is 412 g/mol. The van der Waals surface area contributed by atoms with E-state index in [2.05, 4.69) is 16.0 Å². The Bertz CT molecular complexity index is 746. The third kappa shape index (κ3) is 7.45. The van der Waals surface area contributed by atoms with Gasteiger partial charge >= 0.3 is 6.03 Å². The van der Waals surface area contributed by atoms with Crippen LogP contribution in [-0.4, -0.2) is 68.8 Å². The number of hydrogen-bond donors (Lipinski definition) is 3. The van der Waals surface area contributed by atoms with Gasteiger partial charge in [-0.25, -0.2) is 13.2 Å². The van der Waals surface area contributed by atoms with Crippen molar-refractivity contribution in [2.75, 3.05) is 37.2 Å². The Morgan fingerprint density at radius 1 is 1.07 bits per heavy atom. The van der Waals surface area contributed by atoms with Gasteiger partial charge in [0.05, 0.1) is 18.0 Å². The van der Waals surface area contributed by atoms with Crippen LogP contribution in [0.2, 0.25) is 0 Å². The number of carbonyl (C=O) groups is 2. The molecule has 0 aliphatic carbocycles. The molecule has 0 radical (unpaired) electrons. The van der Waals surface area contributed by atoms with E-state index in [1.54, 1.807) is 24.3 Å². The van der Waals surface area contributed by atoms with Crippen LogP contribution in [0.3, 0.4) is 0 Å². The largest absolute Gasteiger partial charge is 0.373 e. The molecule has 3 amide bonds. The molecule has 1 aliphatic rings. The van der Waals surface area contributed by atoms with Crippen LogP contribution in [-0.2, 0) is 19.6 Å². The van der Waals surface area contributed by atoms with Crippen LogP contribution in [0, 0.1) is 0 Å². The van der Waals surface area contributed by atoms with Gasteiger partial charge in [0.2, 0.25) is 15.9 Å². The molecule has 1 aromatic rings. The number of para-hydroxylation sites is 1. The maximum atomic E-state index is 12.4. The summed E-state index contributed by atoms with van der Waals surface area (Å²) in [4.78, 5) is 23.6. The molecule has 10 heteroatoms. The fourth-order valence-electron chi connectivity index (χ4n) is 2.88. The molecule has 0 spiro atoms. The van der Waals surface area contributed by atoms with Crippen LogP contribution in [0.15, 0.2) is 30.3 Å². The molecule has 0 saturated carbocycles. The zero-order valence-electron chi connectivity index (χ0n) is 16.2. The standard InChI is InChI=1S/C18H28N4O5S/c1-14-12-22(13-15(2)27-14)28(25,26)11-10-19-17(23)8-9-20-18(24)21-16-6-4-3-5-7-16/h3-7,14-15H,8-13H2,1-2H3,(H,19,23)(H2,20,21,24)/t14-,15+. The molecule has 1 aromatic carbocycles. The number of ether oxygens (including phenoxy) is 1. The molecule has 1 aliphatic heterocycles. The first kappa shape index (κ1) is 22.1. The Labute approximate surface area is 165 Å². The van der Waals surface area contributed by atoms with Crippen molar-refractivity contribution in [2.45, 2.75) is 32.5 Å². The summed E-state index contributed by atoms with van der Waals surface area (Å²) in [6.45, 7) is 4.48. The Morgan fingerprint density at radius 3 is 2.36 bits per heavy atom. The predicted molar refractivity (Wildman–Crippen MR) is 106 cm³/mol. The lowest BCUT2D eigenvalue weighted by molar-refractivity contribution is -0.120. The zero-order valence-corrected chi connectivity index (χ0v) is 17.0. The van der Waals surface area contributed by atoms with Crippen LogP contribution >= 0.6 is 0 Å². The van der Waals surface area contributed by atoms with Gasteiger partial charge in [-0.15, -0.1) is 0 Å². The van der Waals surface area contributed by atoms with Crippen LogP contribution in [0.5, 0.6) is 0 Å². The molecule has 3 N–H and O–H groups in total. The van der Waals surface area contributed by atoms with Gasteiger partial charge in [0, 0.05) is 38.3 Å². The van der Waals surface area contributed by atoms with Crippen molar-refractivity contribution in [3.63, 3.8) is 0 Å². The van der Waals surface area contributed by atoms with Gasteiger partial charge in [-0.3, -0.25) is 4.79 Å². The summed E-state index contributed by atoms with van der Waals surface area (Å²) < 4.78 is 31.7. The van der Waals surface area contributed by atoms with Gasteiger partial charge in [-0.05, 0) is 26.0 Å². The fourth-order valence-corrected chi connectivity index (χ4v) is 4.37. The minimum absolute atomic E-state index is 0.0253. The summed E-state index contributed by atoms with van der Waals surface area (Å²) in [6.07, 6.45) is -0.240. The van der Waals surface area contributed by atoms with Crippen molar-refractivity contribution in [3.8, 4) is 0 Å². The highest BCUT2D eigenvalue weighted by molar-refractivity contribution is 7.89. The minimum Gasteiger partial charge on any atom is -0.373 e. The number of nitrogens with one attached hydrogen (secondary N) is 3. The molecular formula is C18H28N4O5S. The number of morpholine rings is 1. The summed E-state index contributed by atoms with van der Waals surface area (Å²) >= 11 is 0. The highest BCUT2D eigenvalue weighted by Crippen LogP contribution is 2.14. The smallest absolute Gasteiger partial charge is 0.319 e. The van der Waals surface area contributed by atoms with Crippen LogP contribution < -0.4 is 16.0 Å². The summed E-state index contributed by atoms with van der Waals surface area (Å²) in [7, 11) is -3.45. The highest BCUT2D eigenvalue weighted by atomic mass is 32.2. The second-order valence-corrected chi connectivity index (χ2v) is 8.83. The Balaban J connectivity index is 1.63. The SMILES string of the molecule is C[C@@H]1CN(S(=O)(=O)CCNC(=O)CCNC(=O)Nc2ccccc2)C[C@H](C)O1. The molecular weight excluding hydrogens is 384 g/mol. The number of nitrogens with zero attached hydrogens (tertiary/aromatic N) is 1. The summed E-state index contributed by atoms with van der Waals surface area (Å²) in [5, 5.41) is 7.80. The molecule has 9 nitrogen and oxygen atoms in total. The van der Waals surface area contributed by atoms with E-state index in [1.165, 1.54) is 4.31 Å². The second kappa shape index (κ2) is 10.4. The van der Waals surface area contributed by atoms with Gasteiger partial charge in [-0.2, -0.15) is 4.31 Å². The molecule has 1 fully saturated rings. The van der Waals surface area contributed by atoms with Crippen molar-refractivity contribution in [1.82, 2.24) is 14.9 Å². The van der Waals surface area contributed by atoms with E-state index >= 15 is 0 Å². The van der Waals surface area contributed by atoms with E-state index in [9.17, 15) is 18.0 Å². The summed E-state index contributed by atoms with van der Waals surface area (Å²) in [5.41, 5.74) is 0.654. The van der Waals surface area contributed by atoms with Crippen LogP contribution in [0.25, 0.3) is 0 Å². The molecule has 2 rings (SSSR count). The Hall–Kier alpha value is -2.17. The van der Waals surface area contributed by atoms with Crippen LogP contribution in [0.1, 0.15) is 20.3 Å². The molecule has 1 saturated heterocycles. The first-order chi connectivity index (χ1) is 13.3. The van der Waals surface area contributed by atoms with Crippen LogP contribution in [0.4, 0.5) is 10.5 Å². The third-order valence-corrected chi connectivity index (χ3v) is 5.94. The Morgan fingerprint density at radius 2 is 1.71 bits per heavy atom. The molecule has 156 valence electrons. The van der Waals surface area contributed by atoms with Crippen molar-refractivity contribution in [1.29, 1.82) is 0 Å². The number of carbonyl (C=O) groups excluding carboxylic acids is 2. The highest BCUT2D eigenvalue weighted by Gasteiger charge is 2.30. The second-order valence-electron chi connectivity index (χ2n) is 6.74. The number of benzene rings is 1. The van der Waals surface area contributed by atoms with Crippen molar-refractivity contribution >= 4 is 27.6 Å².